The largest absolute Gasteiger partial charge is 0.445 e. The van der Waals surface area contributed by atoms with E-state index in [-0.39, 0.29) is 18.5 Å². The lowest BCUT2D eigenvalue weighted by atomic mass is 10.2. The molecule has 2 rings (SSSR count). The van der Waals surface area contributed by atoms with Crippen LogP contribution in [0.25, 0.3) is 0 Å². The summed E-state index contributed by atoms with van der Waals surface area (Å²) in [5, 5.41) is 11.5. The standard InChI is InChI=1S/C14H20N4O3/c15-13(16-20)10-17-6-8-18(9-7-17)14(19)21-11-12-4-2-1-3-5-12/h1-5,20H,6-11H2,(H2,15,16). The van der Waals surface area contributed by atoms with Crippen LogP contribution in [0.5, 0.6) is 0 Å². The maximum absolute atomic E-state index is 12.0. The smallest absolute Gasteiger partial charge is 0.410 e. The summed E-state index contributed by atoms with van der Waals surface area (Å²) >= 11 is 0. The normalized spacial score (nSPS) is 16.8. The average Bonchev–Trinajstić information content (AvgIpc) is 2.54. The number of rotatable bonds is 4. The molecular weight excluding hydrogens is 272 g/mol. The average molecular weight is 292 g/mol. The van der Waals surface area contributed by atoms with Gasteiger partial charge in [-0.05, 0) is 5.56 Å². The number of benzene rings is 1. The third-order valence-corrected chi connectivity index (χ3v) is 3.35. The lowest BCUT2D eigenvalue weighted by Crippen LogP contribution is -2.50. The Labute approximate surface area is 123 Å². The van der Waals surface area contributed by atoms with Gasteiger partial charge in [0.15, 0.2) is 5.84 Å². The van der Waals surface area contributed by atoms with Gasteiger partial charge < -0.3 is 20.6 Å². The number of hydrogen-bond acceptors (Lipinski definition) is 5. The Morgan fingerprint density at radius 3 is 2.52 bits per heavy atom. The van der Waals surface area contributed by atoms with Gasteiger partial charge >= 0.3 is 6.09 Å². The number of hydrogen-bond donors (Lipinski definition) is 2. The molecule has 3 N–H and O–H groups in total. The van der Waals surface area contributed by atoms with Gasteiger partial charge in [-0.1, -0.05) is 35.5 Å². The first kappa shape index (κ1) is 15.1. The van der Waals surface area contributed by atoms with E-state index in [1.807, 2.05) is 35.2 Å². The highest BCUT2D eigenvalue weighted by molar-refractivity contribution is 5.81. The Morgan fingerprint density at radius 2 is 1.90 bits per heavy atom. The van der Waals surface area contributed by atoms with Crippen molar-refractivity contribution in [2.24, 2.45) is 10.9 Å². The predicted molar refractivity (Wildman–Crippen MR) is 78.0 cm³/mol. The van der Waals surface area contributed by atoms with Crippen LogP contribution in [-0.2, 0) is 11.3 Å². The zero-order valence-electron chi connectivity index (χ0n) is 11.8. The molecule has 0 radical (unpaired) electrons. The highest BCUT2D eigenvalue weighted by Gasteiger charge is 2.22. The molecular formula is C14H20N4O3. The van der Waals surface area contributed by atoms with E-state index in [1.54, 1.807) is 4.90 Å². The maximum atomic E-state index is 12.0. The van der Waals surface area contributed by atoms with Crippen molar-refractivity contribution in [1.82, 2.24) is 9.80 Å². The first-order valence-corrected chi connectivity index (χ1v) is 6.83. The minimum Gasteiger partial charge on any atom is -0.445 e. The molecule has 0 aromatic heterocycles. The molecule has 114 valence electrons. The summed E-state index contributed by atoms with van der Waals surface area (Å²) < 4.78 is 5.29. The number of amides is 1. The van der Waals surface area contributed by atoms with Crippen molar-refractivity contribution in [1.29, 1.82) is 0 Å². The van der Waals surface area contributed by atoms with Crippen molar-refractivity contribution in [2.75, 3.05) is 32.7 Å². The van der Waals surface area contributed by atoms with Gasteiger partial charge in [0.25, 0.3) is 0 Å². The molecule has 21 heavy (non-hydrogen) atoms. The molecule has 1 aromatic carbocycles. The van der Waals surface area contributed by atoms with Crippen LogP contribution in [0, 0.1) is 0 Å². The minimum absolute atomic E-state index is 0.176. The summed E-state index contributed by atoms with van der Waals surface area (Å²) in [4.78, 5) is 15.6. The van der Waals surface area contributed by atoms with Gasteiger partial charge in [0.2, 0.25) is 0 Å². The highest BCUT2D eigenvalue weighted by Crippen LogP contribution is 2.06. The molecule has 0 saturated carbocycles. The topological polar surface area (TPSA) is 91.4 Å². The van der Waals surface area contributed by atoms with Crippen LogP contribution >= 0.6 is 0 Å². The molecule has 1 amide bonds. The van der Waals surface area contributed by atoms with E-state index in [9.17, 15) is 4.79 Å². The summed E-state index contributed by atoms with van der Waals surface area (Å²) in [6, 6.07) is 9.58. The third kappa shape index (κ3) is 4.64. The fourth-order valence-electron chi connectivity index (χ4n) is 2.16. The van der Waals surface area contributed by atoms with E-state index >= 15 is 0 Å². The number of nitrogens with zero attached hydrogens (tertiary/aromatic N) is 3. The summed E-state index contributed by atoms with van der Waals surface area (Å²) in [6.45, 7) is 3.19. The first-order valence-electron chi connectivity index (χ1n) is 6.83. The molecule has 0 aliphatic carbocycles. The highest BCUT2D eigenvalue weighted by atomic mass is 16.6. The Hall–Kier alpha value is -2.28. The molecule has 0 bridgehead atoms. The fraction of sp³-hybridized carbons (Fsp3) is 0.429. The number of piperazine rings is 1. The van der Waals surface area contributed by atoms with Crippen molar-refractivity contribution >= 4 is 11.9 Å². The fourth-order valence-corrected chi connectivity index (χ4v) is 2.16. The Balaban J connectivity index is 1.73. The molecule has 0 atom stereocenters. The van der Waals surface area contributed by atoms with Crippen LogP contribution in [0.15, 0.2) is 35.5 Å². The number of ether oxygens (including phenoxy) is 1. The number of amidine groups is 1. The molecule has 1 heterocycles. The molecule has 0 unspecified atom stereocenters. The van der Waals surface area contributed by atoms with E-state index in [1.165, 1.54) is 0 Å². The van der Waals surface area contributed by atoms with Gasteiger partial charge in [-0.25, -0.2) is 4.79 Å². The Bertz CT molecular complexity index is 484. The molecule has 1 aliphatic heterocycles. The van der Waals surface area contributed by atoms with Gasteiger partial charge in [0.1, 0.15) is 6.61 Å². The molecule has 1 aromatic rings. The molecule has 1 aliphatic rings. The van der Waals surface area contributed by atoms with Gasteiger partial charge in [-0.3, -0.25) is 4.90 Å². The van der Waals surface area contributed by atoms with E-state index in [0.29, 0.717) is 32.7 Å². The lowest BCUT2D eigenvalue weighted by molar-refractivity contribution is 0.0747. The molecule has 1 fully saturated rings. The molecule has 7 heteroatoms. The van der Waals surface area contributed by atoms with Crippen LogP contribution in [0.2, 0.25) is 0 Å². The van der Waals surface area contributed by atoms with E-state index in [0.717, 1.165) is 5.56 Å². The van der Waals surface area contributed by atoms with Gasteiger partial charge in [0.05, 0.1) is 6.54 Å². The second-order valence-electron chi connectivity index (χ2n) is 4.89. The van der Waals surface area contributed by atoms with Crippen molar-refractivity contribution in [3.63, 3.8) is 0 Å². The van der Waals surface area contributed by atoms with Crippen LogP contribution in [0.4, 0.5) is 4.79 Å². The lowest BCUT2D eigenvalue weighted by Gasteiger charge is -2.33. The summed E-state index contributed by atoms with van der Waals surface area (Å²) in [5.41, 5.74) is 6.43. The first-order chi connectivity index (χ1) is 10.2. The number of nitrogens with two attached hydrogens (primary N) is 1. The number of carbonyl (C=O) groups excluding carboxylic acids is 1. The summed E-state index contributed by atoms with van der Waals surface area (Å²) in [5.74, 6) is 0.176. The second-order valence-corrected chi connectivity index (χ2v) is 4.89. The SMILES string of the molecule is N/C(CN1CCN(C(=O)OCc2ccccc2)CC1)=N\O. The van der Waals surface area contributed by atoms with Gasteiger partial charge in [-0.2, -0.15) is 0 Å². The van der Waals surface area contributed by atoms with E-state index in [2.05, 4.69) is 5.16 Å². The zero-order chi connectivity index (χ0) is 15.1. The minimum atomic E-state index is -0.303. The summed E-state index contributed by atoms with van der Waals surface area (Å²) in [7, 11) is 0. The van der Waals surface area contributed by atoms with Crippen LogP contribution in [-0.4, -0.2) is 59.7 Å². The summed E-state index contributed by atoms with van der Waals surface area (Å²) in [6.07, 6.45) is -0.303. The van der Waals surface area contributed by atoms with E-state index in [4.69, 9.17) is 15.7 Å². The maximum Gasteiger partial charge on any atom is 0.410 e. The van der Waals surface area contributed by atoms with Crippen molar-refractivity contribution in [3.8, 4) is 0 Å². The third-order valence-electron chi connectivity index (χ3n) is 3.35. The number of oxime groups is 1. The quantitative estimate of drug-likeness (QED) is 0.369. The van der Waals surface area contributed by atoms with Crippen LogP contribution in [0.3, 0.4) is 0 Å². The van der Waals surface area contributed by atoms with Gasteiger partial charge in [0, 0.05) is 26.2 Å². The predicted octanol–water partition coefficient (Wildman–Crippen LogP) is 0.687. The van der Waals surface area contributed by atoms with Crippen LogP contribution in [0.1, 0.15) is 5.56 Å². The van der Waals surface area contributed by atoms with Crippen molar-refractivity contribution < 1.29 is 14.7 Å². The molecule has 1 saturated heterocycles. The van der Waals surface area contributed by atoms with Crippen LogP contribution < -0.4 is 5.73 Å². The van der Waals surface area contributed by atoms with Gasteiger partial charge in [-0.15, -0.1) is 0 Å². The Morgan fingerprint density at radius 1 is 1.24 bits per heavy atom. The van der Waals surface area contributed by atoms with Crippen molar-refractivity contribution in [2.45, 2.75) is 6.61 Å². The number of carbonyl (C=O) groups is 1. The zero-order valence-corrected chi connectivity index (χ0v) is 11.8. The Kier molecular flexibility index (Phi) is 5.39. The van der Waals surface area contributed by atoms with E-state index < -0.39 is 0 Å². The van der Waals surface area contributed by atoms with Crippen molar-refractivity contribution in [3.05, 3.63) is 35.9 Å². The molecule has 7 nitrogen and oxygen atoms in total. The monoisotopic (exact) mass is 292 g/mol. The second kappa shape index (κ2) is 7.49. The molecule has 0 spiro atoms.